The summed E-state index contributed by atoms with van der Waals surface area (Å²) >= 11 is 0. The number of nitrogens with one attached hydrogen (secondary N) is 1. The van der Waals surface area contributed by atoms with Crippen molar-refractivity contribution >= 4 is 5.91 Å². The summed E-state index contributed by atoms with van der Waals surface area (Å²) in [5.41, 5.74) is 1.17. The fourth-order valence-electron chi connectivity index (χ4n) is 2.70. The third-order valence-corrected chi connectivity index (χ3v) is 3.37. The number of amides is 1. The predicted octanol–water partition coefficient (Wildman–Crippen LogP) is 2.49. The number of pyridine rings is 1. The number of hydrogen-bond donors (Lipinski definition) is 1. The van der Waals surface area contributed by atoms with Crippen molar-refractivity contribution in [3.63, 3.8) is 0 Å². The molecule has 17 heavy (non-hydrogen) atoms. The molecule has 3 heteroatoms. The molecule has 0 saturated carbocycles. The van der Waals surface area contributed by atoms with E-state index in [0.29, 0.717) is 6.42 Å². The highest BCUT2D eigenvalue weighted by Crippen LogP contribution is 2.39. The summed E-state index contributed by atoms with van der Waals surface area (Å²) in [5.74, 6) is 0.440. The van der Waals surface area contributed by atoms with Crippen LogP contribution >= 0.6 is 0 Å². The predicted molar refractivity (Wildman–Crippen MR) is 67.6 cm³/mol. The molecule has 0 aromatic carbocycles. The van der Waals surface area contributed by atoms with Crippen molar-refractivity contribution in [2.24, 2.45) is 5.41 Å². The lowest BCUT2D eigenvalue weighted by Crippen LogP contribution is -2.38. The lowest BCUT2D eigenvalue weighted by Gasteiger charge is -2.34. The van der Waals surface area contributed by atoms with Gasteiger partial charge in [0.25, 0.3) is 0 Å². The molecule has 92 valence electrons. The Kier molecular flexibility index (Phi) is 3.18. The Balaban J connectivity index is 2.30. The largest absolute Gasteiger partial charge is 0.353 e. The molecule has 1 N–H and O–H groups in total. The smallest absolute Gasteiger partial charge is 0.220 e. The van der Waals surface area contributed by atoms with Gasteiger partial charge in [-0.25, -0.2) is 0 Å². The lowest BCUT2D eigenvalue weighted by molar-refractivity contribution is -0.119. The molecule has 0 spiro atoms. The van der Waals surface area contributed by atoms with Crippen LogP contribution in [0.1, 0.15) is 45.2 Å². The molecule has 1 aliphatic heterocycles. The fraction of sp³-hybridized carbons (Fsp3) is 0.571. The normalized spacial score (nSPS) is 22.3. The Morgan fingerprint density at radius 3 is 2.65 bits per heavy atom. The van der Waals surface area contributed by atoms with Gasteiger partial charge in [-0.3, -0.25) is 9.78 Å². The number of hydrogen-bond acceptors (Lipinski definition) is 2. The van der Waals surface area contributed by atoms with Crippen molar-refractivity contribution in [1.29, 1.82) is 0 Å². The Hall–Kier alpha value is -1.38. The summed E-state index contributed by atoms with van der Waals surface area (Å²) in [6, 6.07) is 6.21. The standard InChI is InChI=1S/C14H20N2O/c1-14(2,3)13(10-6-4-5-9-15-10)11-7-8-12(17)16-11/h4-6,9,11,13H,7-8H2,1-3H3,(H,16,17)/t11-,13+/m1/s1. The van der Waals surface area contributed by atoms with Crippen molar-refractivity contribution in [3.8, 4) is 0 Å². The van der Waals surface area contributed by atoms with Gasteiger partial charge in [0, 0.05) is 30.3 Å². The van der Waals surface area contributed by atoms with E-state index in [-0.39, 0.29) is 23.3 Å². The minimum atomic E-state index is 0.0939. The van der Waals surface area contributed by atoms with Crippen LogP contribution in [0.25, 0.3) is 0 Å². The van der Waals surface area contributed by atoms with Crippen LogP contribution in [-0.4, -0.2) is 16.9 Å². The molecule has 1 amide bonds. The van der Waals surface area contributed by atoms with E-state index in [1.165, 1.54) is 0 Å². The minimum Gasteiger partial charge on any atom is -0.353 e. The Bertz CT molecular complexity index is 394. The molecule has 1 saturated heterocycles. The van der Waals surface area contributed by atoms with Crippen molar-refractivity contribution < 1.29 is 4.79 Å². The average Bonchev–Trinajstić information content (AvgIpc) is 2.64. The van der Waals surface area contributed by atoms with E-state index in [2.05, 4.69) is 37.1 Å². The van der Waals surface area contributed by atoms with Crippen LogP contribution < -0.4 is 5.32 Å². The van der Waals surface area contributed by atoms with E-state index in [1.54, 1.807) is 0 Å². The summed E-state index contributed by atoms with van der Waals surface area (Å²) in [6.07, 6.45) is 3.38. The van der Waals surface area contributed by atoms with Gasteiger partial charge in [0.05, 0.1) is 0 Å². The number of nitrogens with zero attached hydrogens (tertiary/aromatic N) is 1. The maximum Gasteiger partial charge on any atom is 0.220 e. The first-order valence-electron chi connectivity index (χ1n) is 6.19. The summed E-state index contributed by atoms with van der Waals surface area (Å²) in [4.78, 5) is 15.8. The van der Waals surface area contributed by atoms with Crippen LogP contribution in [0.4, 0.5) is 0 Å². The maximum absolute atomic E-state index is 11.4. The van der Waals surface area contributed by atoms with Gasteiger partial charge in [-0.2, -0.15) is 0 Å². The molecule has 1 aromatic rings. The second-order valence-corrected chi connectivity index (χ2v) is 5.81. The molecule has 3 nitrogen and oxygen atoms in total. The SMILES string of the molecule is CC(C)(C)[C@@H](c1ccccn1)[C@H]1CCC(=O)N1. The first-order valence-corrected chi connectivity index (χ1v) is 6.19. The van der Waals surface area contributed by atoms with Gasteiger partial charge in [-0.15, -0.1) is 0 Å². The molecular formula is C14H20N2O. The molecule has 2 atom stereocenters. The highest BCUT2D eigenvalue weighted by Gasteiger charge is 2.37. The summed E-state index contributed by atoms with van der Waals surface area (Å²) in [5, 5.41) is 3.08. The first-order chi connectivity index (χ1) is 7.98. The van der Waals surface area contributed by atoms with Gasteiger partial charge in [-0.1, -0.05) is 26.8 Å². The van der Waals surface area contributed by atoms with Crippen molar-refractivity contribution in [1.82, 2.24) is 10.3 Å². The lowest BCUT2D eigenvalue weighted by atomic mass is 9.73. The Morgan fingerprint density at radius 2 is 2.18 bits per heavy atom. The van der Waals surface area contributed by atoms with Crippen LogP contribution in [0.2, 0.25) is 0 Å². The molecule has 2 heterocycles. The van der Waals surface area contributed by atoms with Crippen LogP contribution in [-0.2, 0) is 4.79 Å². The van der Waals surface area contributed by atoms with Gasteiger partial charge in [0.2, 0.25) is 5.91 Å². The number of carbonyl (C=O) groups excluding carboxylic acids is 1. The van der Waals surface area contributed by atoms with Crippen LogP contribution in [0, 0.1) is 5.41 Å². The van der Waals surface area contributed by atoms with Crippen molar-refractivity contribution in [2.45, 2.75) is 45.6 Å². The molecule has 1 aliphatic rings. The molecule has 0 unspecified atom stereocenters. The Labute approximate surface area is 103 Å². The number of carbonyl (C=O) groups is 1. The van der Waals surface area contributed by atoms with E-state index < -0.39 is 0 Å². The Morgan fingerprint density at radius 1 is 1.41 bits per heavy atom. The van der Waals surface area contributed by atoms with Gasteiger partial charge in [0.15, 0.2) is 0 Å². The highest BCUT2D eigenvalue weighted by molar-refractivity contribution is 5.78. The maximum atomic E-state index is 11.4. The molecule has 0 aliphatic carbocycles. The fourth-order valence-corrected chi connectivity index (χ4v) is 2.70. The minimum absolute atomic E-state index is 0.0939. The second kappa shape index (κ2) is 4.47. The van der Waals surface area contributed by atoms with Gasteiger partial charge in [-0.05, 0) is 24.0 Å². The van der Waals surface area contributed by atoms with E-state index in [4.69, 9.17) is 0 Å². The monoisotopic (exact) mass is 232 g/mol. The van der Waals surface area contributed by atoms with E-state index in [9.17, 15) is 4.79 Å². The van der Waals surface area contributed by atoms with Gasteiger partial charge in [0.1, 0.15) is 0 Å². The molecule has 1 aromatic heterocycles. The zero-order chi connectivity index (χ0) is 12.5. The summed E-state index contributed by atoms with van der Waals surface area (Å²) in [7, 11) is 0. The molecule has 0 bridgehead atoms. The van der Waals surface area contributed by atoms with Crippen LogP contribution in [0.15, 0.2) is 24.4 Å². The molecule has 1 fully saturated rings. The quantitative estimate of drug-likeness (QED) is 0.851. The third kappa shape index (κ3) is 2.65. The molecular weight excluding hydrogens is 212 g/mol. The zero-order valence-electron chi connectivity index (χ0n) is 10.7. The van der Waals surface area contributed by atoms with Crippen molar-refractivity contribution in [3.05, 3.63) is 30.1 Å². The highest BCUT2D eigenvalue weighted by atomic mass is 16.1. The number of rotatable bonds is 2. The van der Waals surface area contributed by atoms with Gasteiger partial charge < -0.3 is 5.32 Å². The third-order valence-electron chi connectivity index (χ3n) is 3.37. The second-order valence-electron chi connectivity index (χ2n) is 5.81. The topological polar surface area (TPSA) is 42.0 Å². The van der Waals surface area contributed by atoms with Crippen LogP contribution in [0.3, 0.4) is 0 Å². The van der Waals surface area contributed by atoms with Crippen molar-refractivity contribution in [2.75, 3.05) is 0 Å². The van der Waals surface area contributed by atoms with E-state index in [0.717, 1.165) is 12.1 Å². The van der Waals surface area contributed by atoms with E-state index in [1.807, 2.05) is 18.3 Å². The van der Waals surface area contributed by atoms with Gasteiger partial charge >= 0.3 is 0 Å². The molecule has 0 radical (unpaired) electrons. The number of aromatic nitrogens is 1. The first kappa shape index (κ1) is 12.1. The van der Waals surface area contributed by atoms with E-state index >= 15 is 0 Å². The van der Waals surface area contributed by atoms with Crippen LogP contribution in [0.5, 0.6) is 0 Å². The zero-order valence-corrected chi connectivity index (χ0v) is 10.7. The summed E-state index contributed by atoms with van der Waals surface area (Å²) < 4.78 is 0. The average molecular weight is 232 g/mol. The molecule has 2 rings (SSSR count). The summed E-state index contributed by atoms with van der Waals surface area (Å²) in [6.45, 7) is 6.62.